The normalized spacial score (nSPS) is 14.5. The number of nitrogens with one attached hydrogen (secondary N) is 1. The van der Waals surface area contributed by atoms with Gasteiger partial charge >= 0.3 is 12.3 Å². The van der Waals surface area contributed by atoms with Crippen LogP contribution in [0.3, 0.4) is 0 Å². The Bertz CT molecular complexity index is 1380. The number of carbonyl (C=O) groups excluding carboxylic acids is 2. The maximum absolute atomic E-state index is 14.7. The van der Waals surface area contributed by atoms with E-state index in [2.05, 4.69) is 15.0 Å². The second kappa shape index (κ2) is 9.66. The Hall–Kier alpha value is -4.09. The quantitative estimate of drug-likeness (QED) is 0.280. The summed E-state index contributed by atoms with van der Waals surface area (Å²) >= 11 is 0. The monoisotopic (exact) mass is 538 g/mol. The SMILES string of the molecule is COC(=O)c1cc(NC(=O)C2(c3ccc(OC(F)(F)F)cc3F)CC2)ccc1-c1ccc(C(C)(F)F)nc1. The highest BCUT2D eigenvalue weighted by molar-refractivity contribution is 6.04. The summed E-state index contributed by atoms with van der Waals surface area (Å²) in [5, 5.41) is 2.61. The molecule has 1 N–H and O–H groups in total. The number of alkyl halides is 5. The van der Waals surface area contributed by atoms with Crippen LogP contribution in [0.25, 0.3) is 11.1 Å². The van der Waals surface area contributed by atoms with Gasteiger partial charge in [0.1, 0.15) is 17.3 Å². The second-order valence-corrected chi connectivity index (χ2v) is 8.80. The number of hydrogen-bond donors (Lipinski definition) is 1. The number of pyridine rings is 1. The molecule has 1 aromatic heterocycles. The van der Waals surface area contributed by atoms with Crippen LogP contribution < -0.4 is 10.1 Å². The van der Waals surface area contributed by atoms with Crippen molar-refractivity contribution in [2.75, 3.05) is 12.4 Å². The van der Waals surface area contributed by atoms with Crippen LogP contribution >= 0.6 is 0 Å². The fourth-order valence-electron chi connectivity index (χ4n) is 4.04. The Morgan fingerprint density at radius 3 is 2.24 bits per heavy atom. The van der Waals surface area contributed by atoms with Crippen molar-refractivity contribution in [3.8, 4) is 16.9 Å². The molecule has 1 saturated carbocycles. The predicted molar refractivity (Wildman–Crippen MR) is 123 cm³/mol. The molecular weight excluding hydrogens is 518 g/mol. The molecule has 2 aromatic carbocycles. The van der Waals surface area contributed by atoms with Crippen molar-refractivity contribution in [2.24, 2.45) is 0 Å². The average molecular weight is 538 g/mol. The molecule has 3 aromatic rings. The van der Waals surface area contributed by atoms with Gasteiger partial charge in [0.2, 0.25) is 5.91 Å². The van der Waals surface area contributed by atoms with E-state index in [1.807, 2.05) is 0 Å². The molecular formula is C26H20F6N2O4. The zero-order valence-corrected chi connectivity index (χ0v) is 20.0. The van der Waals surface area contributed by atoms with E-state index >= 15 is 0 Å². The molecule has 1 heterocycles. The van der Waals surface area contributed by atoms with Gasteiger partial charge in [-0.15, -0.1) is 13.2 Å². The highest BCUT2D eigenvalue weighted by Crippen LogP contribution is 2.50. The van der Waals surface area contributed by atoms with Crippen molar-refractivity contribution in [3.05, 3.63) is 77.4 Å². The van der Waals surface area contributed by atoms with Crippen LogP contribution in [0.4, 0.5) is 32.0 Å². The third kappa shape index (κ3) is 5.58. The minimum atomic E-state index is -4.99. The number of nitrogens with zero attached hydrogens (tertiary/aromatic N) is 1. The lowest BCUT2D eigenvalue weighted by molar-refractivity contribution is -0.274. The summed E-state index contributed by atoms with van der Waals surface area (Å²) in [6, 6.07) is 9.29. The van der Waals surface area contributed by atoms with Gasteiger partial charge in [-0.1, -0.05) is 18.2 Å². The van der Waals surface area contributed by atoms with Crippen molar-refractivity contribution in [1.82, 2.24) is 4.98 Å². The van der Waals surface area contributed by atoms with E-state index < -0.39 is 46.8 Å². The molecule has 1 aliphatic carbocycles. The largest absolute Gasteiger partial charge is 0.573 e. The van der Waals surface area contributed by atoms with E-state index in [-0.39, 0.29) is 29.7 Å². The van der Waals surface area contributed by atoms with Crippen LogP contribution in [0.1, 0.15) is 41.4 Å². The summed E-state index contributed by atoms with van der Waals surface area (Å²) in [4.78, 5) is 29.3. The molecule has 38 heavy (non-hydrogen) atoms. The summed E-state index contributed by atoms with van der Waals surface area (Å²) in [6.07, 6.45) is -3.32. The van der Waals surface area contributed by atoms with Crippen LogP contribution in [0.15, 0.2) is 54.7 Å². The second-order valence-electron chi connectivity index (χ2n) is 8.80. The Labute approximate surface area is 212 Å². The molecule has 12 heteroatoms. The first-order valence-corrected chi connectivity index (χ1v) is 11.2. The number of carbonyl (C=O) groups is 2. The van der Waals surface area contributed by atoms with Gasteiger partial charge in [0.05, 0.1) is 18.1 Å². The van der Waals surface area contributed by atoms with E-state index in [0.717, 1.165) is 25.3 Å². The molecule has 6 nitrogen and oxygen atoms in total. The molecule has 1 amide bonds. The minimum absolute atomic E-state index is 0.00721. The van der Waals surface area contributed by atoms with Crippen molar-refractivity contribution >= 4 is 17.6 Å². The van der Waals surface area contributed by atoms with Gasteiger partial charge in [-0.25, -0.2) is 9.18 Å². The van der Waals surface area contributed by atoms with Gasteiger partial charge in [0.15, 0.2) is 0 Å². The molecule has 0 spiro atoms. The lowest BCUT2D eigenvalue weighted by atomic mass is 9.93. The number of benzene rings is 2. The van der Waals surface area contributed by atoms with Crippen LogP contribution in [-0.4, -0.2) is 30.3 Å². The first-order chi connectivity index (χ1) is 17.7. The van der Waals surface area contributed by atoms with Crippen molar-refractivity contribution < 1.29 is 45.4 Å². The van der Waals surface area contributed by atoms with Crippen molar-refractivity contribution in [2.45, 2.75) is 37.5 Å². The number of hydrogen-bond acceptors (Lipinski definition) is 5. The highest BCUT2D eigenvalue weighted by Gasteiger charge is 2.53. The molecule has 200 valence electrons. The molecule has 0 radical (unpaired) electrons. The Morgan fingerprint density at radius 2 is 1.71 bits per heavy atom. The van der Waals surface area contributed by atoms with E-state index in [9.17, 15) is 35.9 Å². The zero-order valence-electron chi connectivity index (χ0n) is 20.0. The summed E-state index contributed by atoms with van der Waals surface area (Å²) in [6.45, 7) is 0.704. The maximum atomic E-state index is 14.7. The Morgan fingerprint density at radius 1 is 1.00 bits per heavy atom. The van der Waals surface area contributed by atoms with E-state index in [1.165, 1.54) is 30.5 Å². The summed E-state index contributed by atoms with van der Waals surface area (Å²) < 4.78 is 87.5. The molecule has 0 bridgehead atoms. The van der Waals surface area contributed by atoms with Crippen LogP contribution in [0.5, 0.6) is 5.75 Å². The molecule has 0 saturated heterocycles. The van der Waals surface area contributed by atoms with Crippen LogP contribution in [0.2, 0.25) is 0 Å². The van der Waals surface area contributed by atoms with E-state index in [1.54, 1.807) is 0 Å². The minimum Gasteiger partial charge on any atom is -0.465 e. The van der Waals surface area contributed by atoms with E-state index in [4.69, 9.17) is 4.74 Å². The number of amides is 1. The molecule has 0 aliphatic heterocycles. The molecule has 4 rings (SSSR count). The Balaban J connectivity index is 1.60. The van der Waals surface area contributed by atoms with Gasteiger partial charge in [-0.2, -0.15) is 8.78 Å². The van der Waals surface area contributed by atoms with Crippen LogP contribution in [0, 0.1) is 5.82 Å². The number of halogens is 6. The fraction of sp³-hybridized carbons (Fsp3) is 0.269. The molecule has 1 aliphatic rings. The third-order valence-corrected chi connectivity index (χ3v) is 6.08. The first-order valence-electron chi connectivity index (χ1n) is 11.2. The number of ether oxygens (including phenoxy) is 2. The first kappa shape index (κ1) is 27.0. The molecule has 0 atom stereocenters. The average Bonchev–Trinajstić information content (AvgIpc) is 3.64. The molecule has 0 unspecified atom stereocenters. The topological polar surface area (TPSA) is 77.5 Å². The maximum Gasteiger partial charge on any atom is 0.573 e. The van der Waals surface area contributed by atoms with Crippen LogP contribution in [-0.2, 0) is 20.9 Å². The lowest BCUT2D eigenvalue weighted by Crippen LogP contribution is -2.29. The fourth-order valence-corrected chi connectivity index (χ4v) is 4.04. The highest BCUT2D eigenvalue weighted by atomic mass is 19.4. The summed E-state index contributed by atoms with van der Waals surface area (Å²) in [5.74, 6) is -6.33. The number of esters is 1. The number of anilines is 1. The predicted octanol–water partition coefficient (Wildman–Crippen LogP) is 6.35. The lowest BCUT2D eigenvalue weighted by Gasteiger charge is -2.18. The number of rotatable bonds is 7. The van der Waals surface area contributed by atoms with Gasteiger partial charge in [-0.3, -0.25) is 9.78 Å². The van der Waals surface area contributed by atoms with Gasteiger partial charge in [0, 0.05) is 36.0 Å². The van der Waals surface area contributed by atoms with E-state index in [0.29, 0.717) is 24.1 Å². The third-order valence-electron chi connectivity index (χ3n) is 6.08. The van der Waals surface area contributed by atoms with Crippen molar-refractivity contribution in [1.29, 1.82) is 0 Å². The zero-order chi connectivity index (χ0) is 27.9. The smallest absolute Gasteiger partial charge is 0.465 e. The summed E-state index contributed by atoms with van der Waals surface area (Å²) in [5.41, 5.74) is -1.03. The number of aromatic nitrogens is 1. The van der Waals surface area contributed by atoms with Gasteiger partial charge < -0.3 is 14.8 Å². The van der Waals surface area contributed by atoms with Gasteiger partial charge in [0.25, 0.3) is 5.92 Å². The van der Waals surface area contributed by atoms with Crippen molar-refractivity contribution in [3.63, 3.8) is 0 Å². The molecule has 1 fully saturated rings. The standard InChI is InChI=1S/C26H20F6N2O4/c1-24(28,29)21-8-3-14(13-33-21)17-6-4-15(11-18(17)22(35)37-2)34-23(36)25(9-10-25)19-7-5-16(12-20(19)27)38-26(30,31)32/h3-8,11-13H,9-10H2,1-2H3,(H,34,36). The summed E-state index contributed by atoms with van der Waals surface area (Å²) in [7, 11) is 1.14. The Kier molecular flexibility index (Phi) is 6.85. The van der Waals surface area contributed by atoms with Gasteiger partial charge in [-0.05, 0) is 42.7 Å². The number of methoxy groups -OCH3 is 1.